The molecule has 0 saturated heterocycles. The predicted molar refractivity (Wildman–Crippen MR) is 21.0 cm³/mol. The van der Waals surface area contributed by atoms with Gasteiger partial charge in [0.05, 0.1) is 5.97 Å². The van der Waals surface area contributed by atoms with Crippen LogP contribution >= 0.6 is 0 Å². The van der Waals surface area contributed by atoms with E-state index in [-0.39, 0.29) is 36.3 Å². The smallest absolute Gasteiger partial charge is 1.00 e. The van der Waals surface area contributed by atoms with Gasteiger partial charge in [0.25, 0.3) is 0 Å². The summed E-state index contributed by atoms with van der Waals surface area (Å²) in [6, 6.07) is 0. The number of aliphatic carboxylic acids is 1. The molecule has 0 rings (SSSR count). The van der Waals surface area contributed by atoms with E-state index in [9.17, 15) is 0 Å². The number of carboxylic acids is 1. The van der Waals surface area contributed by atoms with Crippen LogP contribution in [0.25, 0.3) is 0 Å². The van der Waals surface area contributed by atoms with E-state index in [2.05, 4.69) is 6.58 Å². The zero-order chi connectivity index (χ0) is 4.28. The van der Waals surface area contributed by atoms with Gasteiger partial charge in [-0.3, -0.25) is 0 Å². The van der Waals surface area contributed by atoms with E-state index in [1.807, 2.05) is 0 Å². The molecule has 7 heavy (non-hydrogen) atoms. The maximum atomic E-state index is 9.14. The summed E-state index contributed by atoms with van der Waals surface area (Å²) in [5, 5.41) is 9.14. The summed E-state index contributed by atoms with van der Waals surface area (Å²) in [5.74, 6) is -1.23. The molecule has 0 heterocycles. The molecule has 0 atom stereocenters. The van der Waals surface area contributed by atoms with Gasteiger partial charge in [-0.2, -0.15) is 0 Å². The van der Waals surface area contributed by atoms with Gasteiger partial charge < -0.3 is 22.3 Å². The van der Waals surface area contributed by atoms with Gasteiger partial charge in [0, 0.05) is 0 Å². The van der Waals surface area contributed by atoms with Gasteiger partial charge in [0.15, 0.2) is 0 Å². The van der Waals surface area contributed by atoms with Crippen molar-refractivity contribution in [3.63, 3.8) is 0 Å². The summed E-state index contributed by atoms with van der Waals surface area (Å²) in [4.78, 5) is 9.14. The number of carboxylic acid groups (broad SMARTS) is 1. The van der Waals surface area contributed by atoms with Crippen LogP contribution in [0, 0.1) is 0 Å². The SMILES string of the molecule is C=CC(=O)[O-].[Cl-].[Sn+2]. The summed E-state index contributed by atoms with van der Waals surface area (Å²) < 4.78 is 0. The topological polar surface area (TPSA) is 40.1 Å². The summed E-state index contributed by atoms with van der Waals surface area (Å²) in [7, 11) is 0. The monoisotopic (exact) mass is 226 g/mol. The van der Waals surface area contributed by atoms with Gasteiger partial charge in [0.2, 0.25) is 0 Å². The molecule has 38 valence electrons. The Morgan fingerprint density at radius 3 is 1.86 bits per heavy atom. The first-order valence-corrected chi connectivity index (χ1v) is 1.11. The Morgan fingerprint density at radius 2 is 1.86 bits per heavy atom. The number of halogens is 1. The van der Waals surface area contributed by atoms with Crippen molar-refractivity contribution in [1.29, 1.82) is 0 Å². The molecular weight excluding hydrogens is 222 g/mol. The zero-order valence-corrected chi connectivity index (χ0v) is 7.09. The Hall–Kier alpha value is 0.299. The Balaban J connectivity index is -0.0000000800. The van der Waals surface area contributed by atoms with Crippen molar-refractivity contribution in [3.05, 3.63) is 12.7 Å². The Labute approximate surface area is 65.0 Å². The van der Waals surface area contributed by atoms with Crippen molar-refractivity contribution in [3.8, 4) is 0 Å². The van der Waals surface area contributed by atoms with E-state index in [1.165, 1.54) is 0 Å². The van der Waals surface area contributed by atoms with Gasteiger partial charge in [-0.15, -0.1) is 0 Å². The largest absolute Gasteiger partial charge is 2.00 e. The molecule has 0 aliphatic heterocycles. The minimum absolute atomic E-state index is 0. The van der Waals surface area contributed by atoms with Crippen molar-refractivity contribution in [2.75, 3.05) is 0 Å². The maximum Gasteiger partial charge on any atom is 2.00 e. The number of hydrogen-bond acceptors (Lipinski definition) is 2. The molecule has 0 aromatic heterocycles. The third-order valence-corrected chi connectivity index (χ3v) is 0.167. The zero-order valence-electron chi connectivity index (χ0n) is 3.48. The first-order valence-electron chi connectivity index (χ1n) is 1.11. The van der Waals surface area contributed by atoms with Crippen LogP contribution in [0.5, 0.6) is 0 Å². The maximum absolute atomic E-state index is 9.14. The predicted octanol–water partition coefficient (Wildman–Crippen LogP) is -4.45. The molecule has 2 nitrogen and oxygen atoms in total. The van der Waals surface area contributed by atoms with E-state index < -0.39 is 5.97 Å². The average molecular weight is 225 g/mol. The van der Waals surface area contributed by atoms with Crippen LogP contribution in [0.1, 0.15) is 0 Å². The van der Waals surface area contributed by atoms with Gasteiger partial charge in [-0.25, -0.2) is 0 Å². The molecule has 0 spiro atoms. The van der Waals surface area contributed by atoms with Crippen LogP contribution in [-0.4, -0.2) is 29.9 Å². The fourth-order valence-corrected chi connectivity index (χ4v) is 0. The second-order valence-electron chi connectivity index (χ2n) is 0.523. The van der Waals surface area contributed by atoms with Gasteiger partial charge in [-0.1, -0.05) is 6.58 Å². The second kappa shape index (κ2) is 9.57. The summed E-state index contributed by atoms with van der Waals surface area (Å²) in [6.07, 6.45) is 0.722. The van der Waals surface area contributed by atoms with Gasteiger partial charge >= 0.3 is 23.9 Å². The van der Waals surface area contributed by atoms with Crippen LogP contribution in [0.2, 0.25) is 0 Å². The van der Waals surface area contributed by atoms with Crippen molar-refractivity contribution in [1.82, 2.24) is 0 Å². The normalized spacial score (nSPS) is 4.57. The molecule has 0 aromatic rings. The molecule has 0 unspecified atom stereocenters. The quantitative estimate of drug-likeness (QED) is 0.334. The minimum atomic E-state index is -1.23. The third kappa shape index (κ3) is 22.0. The van der Waals surface area contributed by atoms with Crippen LogP contribution in [-0.2, 0) is 4.79 Å². The van der Waals surface area contributed by atoms with E-state index in [1.54, 1.807) is 0 Å². The Kier molecular flexibility index (Phi) is 21.4. The molecule has 0 aliphatic rings. The standard InChI is InChI=1S/C3H4O2.ClH.Sn/c1-2-3(4)5;;/h2H,1H2,(H,4,5);1H;/q;;+2/p-2. The Morgan fingerprint density at radius 1 is 1.71 bits per heavy atom. The molecule has 0 fully saturated rings. The molecule has 0 aliphatic carbocycles. The number of carbonyl (C=O) groups excluding carboxylic acids is 1. The third-order valence-electron chi connectivity index (χ3n) is 0.167. The molecular formula is C3H3ClO2Sn. The van der Waals surface area contributed by atoms with Crippen molar-refractivity contribution < 1.29 is 22.3 Å². The first kappa shape index (κ1) is 15.7. The number of rotatable bonds is 1. The second-order valence-corrected chi connectivity index (χ2v) is 0.523. The van der Waals surface area contributed by atoms with Crippen LogP contribution < -0.4 is 17.5 Å². The summed E-state index contributed by atoms with van der Waals surface area (Å²) in [6.45, 7) is 2.90. The van der Waals surface area contributed by atoms with Crippen molar-refractivity contribution in [2.45, 2.75) is 0 Å². The molecule has 0 N–H and O–H groups in total. The van der Waals surface area contributed by atoms with E-state index in [4.69, 9.17) is 9.90 Å². The van der Waals surface area contributed by atoms with E-state index in [0.717, 1.165) is 6.08 Å². The van der Waals surface area contributed by atoms with Crippen LogP contribution in [0.3, 0.4) is 0 Å². The molecule has 0 saturated carbocycles. The van der Waals surface area contributed by atoms with Crippen molar-refractivity contribution in [2.24, 2.45) is 0 Å². The summed E-state index contributed by atoms with van der Waals surface area (Å²) in [5.41, 5.74) is 0. The number of hydrogen-bond donors (Lipinski definition) is 0. The van der Waals surface area contributed by atoms with E-state index >= 15 is 0 Å². The minimum Gasteiger partial charge on any atom is -1.00 e. The van der Waals surface area contributed by atoms with Crippen molar-refractivity contribution >= 4 is 29.9 Å². The molecule has 4 heteroatoms. The van der Waals surface area contributed by atoms with Crippen LogP contribution in [0.4, 0.5) is 0 Å². The molecule has 0 bridgehead atoms. The fraction of sp³-hybridized carbons (Fsp3) is 0. The number of carbonyl (C=O) groups is 1. The molecule has 0 amide bonds. The van der Waals surface area contributed by atoms with E-state index in [0.29, 0.717) is 0 Å². The molecule has 0 aromatic carbocycles. The summed E-state index contributed by atoms with van der Waals surface area (Å²) >= 11 is 0. The molecule has 2 radical (unpaired) electrons. The van der Waals surface area contributed by atoms with Crippen LogP contribution in [0.15, 0.2) is 12.7 Å². The fourth-order valence-electron chi connectivity index (χ4n) is 0. The average Bonchev–Trinajstić information content (AvgIpc) is 1.38. The first-order chi connectivity index (χ1) is 2.27. The Bertz CT molecular complexity index is 64.0. The van der Waals surface area contributed by atoms with Gasteiger partial charge in [-0.05, 0) is 6.08 Å². The van der Waals surface area contributed by atoms with Gasteiger partial charge in [0.1, 0.15) is 0 Å².